The monoisotopic (exact) mass is 278 g/mol. The van der Waals surface area contributed by atoms with Crippen molar-refractivity contribution in [1.29, 1.82) is 0 Å². The second kappa shape index (κ2) is 4.21. The molecule has 9 heteroatoms. The Morgan fingerprint density at radius 3 is 3.05 bits per heavy atom. The molecule has 3 aromatic heterocycles. The summed E-state index contributed by atoms with van der Waals surface area (Å²) in [6.45, 7) is 0. The number of rotatable bonds is 3. The number of H-pyrrole nitrogens is 1. The lowest BCUT2D eigenvalue weighted by Gasteiger charge is -2.00. The van der Waals surface area contributed by atoms with E-state index in [-0.39, 0.29) is 10.8 Å². The van der Waals surface area contributed by atoms with E-state index >= 15 is 0 Å². The highest BCUT2D eigenvalue weighted by Gasteiger charge is 2.09. The van der Waals surface area contributed by atoms with E-state index in [2.05, 4.69) is 15.3 Å². The smallest absolute Gasteiger partial charge is 0.364 e. The summed E-state index contributed by atoms with van der Waals surface area (Å²) < 4.78 is 6.43. The third-order valence-electron chi connectivity index (χ3n) is 2.26. The second-order valence-electron chi connectivity index (χ2n) is 3.52. The zero-order valence-corrected chi connectivity index (χ0v) is 10.0. The van der Waals surface area contributed by atoms with Gasteiger partial charge in [0.15, 0.2) is 5.65 Å². The first-order valence-corrected chi connectivity index (χ1v) is 5.95. The van der Waals surface area contributed by atoms with Crippen LogP contribution in [0.15, 0.2) is 28.4 Å². The zero-order valence-electron chi connectivity index (χ0n) is 9.23. The standard InChI is InChI=1S/C10H6N4O4S/c15-9(16)6-3-5(4-19-6)18-8-2-1-7-11-12-10(17)14(7)13-8/h1-4H,(H,12,17)(H,15,16). The van der Waals surface area contributed by atoms with Gasteiger partial charge in [0.1, 0.15) is 10.6 Å². The summed E-state index contributed by atoms with van der Waals surface area (Å²) in [5.74, 6) is -0.495. The van der Waals surface area contributed by atoms with Crippen LogP contribution in [0.3, 0.4) is 0 Å². The van der Waals surface area contributed by atoms with E-state index in [4.69, 9.17) is 9.84 Å². The molecule has 3 rings (SSSR count). The normalized spacial score (nSPS) is 10.7. The predicted molar refractivity (Wildman–Crippen MR) is 65.0 cm³/mol. The van der Waals surface area contributed by atoms with Gasteiger partial charge in [-0.2, -0.15) is 9.61 Å². The topological polar surface area (TPSA) is 110 Å². The van der Waals surface area contributed by atoms with E-state index in [0.717, 1.165) is 15.9 Å². The SMILES string of the molecule is O=C(O)c1cc(Oc2ccc3n[nH]c(=O)n3n2)cs1. The number of ether oxygens (including phenoxy) is 1. The maximum absolute atomic E-state index is 11.3. The second-order valence-corrected chi connectivity index (χ2v) is 4.44. The van der Waals surface area contributed by atoms with Crippen LogP contribution in [0.25, 0.3) is 5.65 Å². The summed E-state index contributed by atoms with van der Waals surface area (Å²) >= 11 is 1.05. The maximum atomic E-state index is 11.3. The van der Waals surface area contributed by atoms with E-state index in [1.54, 1.807) is 11.4 Å². The van der Waals surface area contributed by atoms with Gasteiger partial charge in [-0.1, -0.05) is 0 Å². The van der Waals surface area contributed by atoms with Crippen molar-refractivity contribution >= 4 is 23.0 Å². The van der Waals surface area contributed by atoms with Crippen LogP contribution in [0.2, 0.25) is 0 Å². The van der Waals surface area contributed by atoms with E-state index in [1.165, 1.54) is 12.1 Å². The average molecular weight is 278 g/mol. The first kappa shape index (κ1) is 11.4. The van der Waals surface area contributed by atoms with Crippen molar-refractivity contribution in [1.82, 2.24) is 19.8 Å². The van der Waals surface area contributed by atoms with E-state index < -0.39 is 11.7 Å². The van der Waals surface area contributed by atoms with Crippen LogP contribution in [0, 0.1) is 0 Å². The van der Waals surface area contributed by atoms with Crippen LogP contribution in [-0.4, -0.2) is 30.9 Å². The van der Waals surface area contributed by atoms with Gasteiger partial charge < -0.3 is 9.84 Å². The van der Waals surface area contributed by atoms with E-state index in [0.29, 0.717) is 11.4 Å². The van der Waals surface area contributed by atoms with Crippen LogP contribution in [0.5, 0.6) is 11.6 Å². The molecule has 0 amide bonds. The lowest BCUT2D eigenvalue weighted by atomic mass is 10.4. The number of aromatic amines is 1. The lowest BCUT2D eigenvalue weighted by molar-refractivity contribution is 0.0702. The highest BCUT2D eigenvalue weighted by atomic mass is 32.1. The Balaban J connectivity index is 1.93. The zero-order chi connectivity index (χ0) is 13.4. The first-order valence-electron chi connectivity index (χ1n) is 5.07. The molecule has 0 aromatic carbocycles. The Labute approximate surface area is 108 Å². The molecule has 3 heterocycles. The molecule has 0 aliphatic rings. The number of aromatic carboxylic acids is 1. The van der Waals surface area contributed by atoms with Crippen LogP contribution < -0.4 is 10.4 Å². The number of fused-ring (bicyclic) bond motifs is 1. The van der Waals surface area contributed by atoms with Gasteiger partial charge in [-0.15, -0.1) is 16.4 Å². The van der Waals surface area contributed by atoms with Crippen molar-refractivity contribution in [2.24, 2.45) is 0 Å². The summed E-state index contributed by atoms with van der Waals surface area (Å²) in [6.07, 6.45) is 0. The molecule has 19 heavy (non-hydrogen) atoms. The van der Waals surface area contributed by atoms with Crippen LogP contribution >= 0.6 is 11.3 Å². The van der Waals surface area contributed by atoms with Crippen LogP contribution in [-0.2, 0) is 0 Å². The Hall–Kier alpha value is -2.68. The van der Waals surface area contributed by atoms with Crippen LogP contribution in [0.1, 0.15) is 9.67 Å². The molecule has 0 unspecified atom stereocenters. The Kier molecular flexibility index (Phi) is 2.53. The summed E-state index contributed by atoms with van der Waals surface area (Å²) in [4.78, 5) is 22.2. The van der Waals surface area contributed by atoms with Crippen LogP contribution in [0.4, 0.5) is 0 Å². The molecule has 0 saturated heterocycles. The summed E-state index contributed by atoms with van der Waals surface area (Å²) in [5.41, 5.74) is -0.106. The number of carboxylic acids is 1. The Morgan fingerprint density at radius 2 is 2.32 bits per heavy atom. The molecule has 8 nitrogen and oxygen atoms in total. The number of carboxylic acid groups (broad SMARTS) is 1. The molecule has 96 valence electrons. The molecule has 0 bridgehead atoms. The van der Waals surface area contributed by atoms with Gasteiger partial charge in [0.2, 0.25) is 5.88 Å². The number of hydrogen-bond donors (Lipinski definition) is 2. The minimum absolute atomic E-state index is 0.163. The number of hydrogen-bond acceptors (Lipinski definition) is 6. The van der Waals surface area contributed by atoms with Crippen molar-refractivity contribution < 1.29 is 14.6 Å². The third-order valence-corrected chi connectivity index (χ3v) is 3.15. The first-order chi connectivity index (χ1) is 9.13. The molecule has 0 aliphatic heterocycles. The number of thiophene rings is 1. The van der Waals surface area contributed by atoms with Crippen molar-refractivity contribution in [3.63, 3.8) is 0 Å². The number of aromatic nitrogens is 4. The van der Waals surface area contributed by atoms with Crippen molar-refractivity contribution in [3.05, 3.63) is 38.9 Å². The Morgan fingerprint density at radius 1 is 1.47 bits per heavy atom. The summed E-state index contributed by atoms with van der Waals surface area (Å²) in [5, 5.41) is 20.3. The Bertz CT molecular complexity index is 818. The van der Waals surface area contributed by atoms with Gasteiger partial charge in [0.05, 0.1) is 0 Å². The molecule has 0 spiro atoms. The minimum atomic E-state index is -1.02. The molecule has 0 aliphatic carbocycles. The fourth-order valence-electron chi connectivity index (χ4n) is 1.45. The number of carbonyl (C=O) groups is 1. The molecular formula is C10H6N4O4S. The van der Waals surface area contributed by atoms with Gasteiger partial charge in [-0.25, -0.2) is 14.7 Å². The minimum Gasteiger partial charge on any atom is -0.477 e. The van der Waals surface area contributed by atoms with E-state index in [9.17, 15) is 9.59 Å². The largest absolute Gasteiger partial charge is 0.477 e. The maximum Gasteiger partial charge on any atom is 0.364 e. The molecule has 0 radical (unpaired) electrons. The van der Waals surface area contributed by atoms with Gasteiger partial charge in [0.25, 0.3) is 0 Å². The highest BCUT2D eigenvalue weighted by Crippen LogP contribution is 2.25. The van der Waals surface area contributed by atoms with Gasteiger partial charge in [0, 0.05) is 17.5 Å². The lowest BCUT2D eigenvalue weighted by Crippen LogP contribution is -2.12. The average Bonchev–Trinajstić information content (AvgIpc) is 2.98. The molecule has 2 N–H and O–H groups in total. The molecule has 0 atom stereocenters. The highest BCUT2D eigenvalue weighted by molar-refractivity contribution is 7.12. The summed E-state index contributed by atoms with van der Waals surface area (Å²) in [6, 6.07) is 4.48. The number of nitrogens with one attached hydrogen (secondary N) is 1. The third kappa shape index (κ3) is 2.06. The van der Waals surface area contributed by atoms with Gasteiger partial charge >= 0.3 is 11.7 Å². The fourth-order valence-corrected chi connectivity index (χ4v) is 2.09. The van der Waals surface area contributed by atoms with Gasteiger partial charge in [-0.3, -0.25) is 0 Å². The van der Waals surface area contributed by atoms with Gasteiger partial charge in [-0.05, 0) is 6.07 Å². The predicted octanol–water partition coefficient (Wildman–Crippen LogP) is 0.970. The molecule has 0 fully saturated rings. The summed E-state index contributed by atoms with van der Waals surface area (Å²) in [7, 11) is 0. The quantitative estimate of drug-likeness (QED) is 0.738. The molecule has 3 aromatic rings. The molecular weight excluding hydrogens is 272 g/mol. The molecule has 0 saturated carbocycles. The fraction of sp³-hybridized carbons (Fsp3) is 0. The number of nitrogens with zero attached hydrogens (tertiary/aromatic N) is 3. The van der Waals surface area contributed by atoms with Crippen molar-refractivity contribution in [2.45, 2.75) is 0 Å². The van der Waals surface area contributed by atoms with Crippen molar-refractivity contribution in [2.75, 3.05) is 0 Å². The van der Waals surface area contributed by atoms with Crippen molar-refractivity contribution in [3.8, 4) is 11.6 Å². The van der Waals surface area contributed by atoms with E-state index in [1.807, 2.05) is 0 Å².